The topological polar surface area (TPSA) is 72.5 Å². The molecule has 0 radical (unpaired) electrons. The fourth-order valence-electron chi connectivity index (χ4n) is 2.51. The van der Waals surface area contributed by atoms with E-state index < -0.39 is 23.0 Å². The number of rotatable bonds is 4. The van der Waals surface area contributed by atoms with Gasteiger partial charge in [0.25, 0.3) is 11.5 Å². The normalized spacial score (nSPS) is 11.8. The first-order chi connectivity index (χ1) is 12.6. The zero-order valence-electron chi connectivity index (χ0n) is 14.2. The van der Waals surface area contributed by atoms with Gasteiger partial charge >= 0.3 is 5.92 Å². The molecule has 0 bridgehead atoms. The quantitative estimate of drug-likeness (QED) is 0.655. The Hall–Kier alpha value is -2.52. The lowest BCUT2D eigenvalue weighted by molar-refractivity contribution is -0.158. The van der Waals surface area contributed by atoms with Crippen LogP contribution in [0.4, 0.5) is 8.78 Å². The number of hydrogen-bond acceptors (Lipinski definition) is 4. The molecule has 27 heavy (non-hydrogen) atoms. The van der Waals surface area contributed by atoms with Crippen molar-refractivity contribution in [2.75, 3.05) is 7.05 Å². The van der Waals surface area contributed by atoms with E-state index in [1.165, 1.54) is 40.5 Å². The predicted octanol–water partition coefficient (Wildman–Crippen LogP) is 2.49. The minimum atomic E-state index is -3.90. The maximum Gasteiger partial charge on any atom is 0.351 e. The minimum absolute atomic E-state index is 0.0282. The van der Waals surface area contributed by atoms with Crippen LogP contribution < -0.4 is 5.56 Å². The van der Waals surface area contributed by atoms with Gasteiger partial charge in [-0.15, -0.1) is 10.2 Å². The summed E-state index contributed by atoms with van der Waals surface area (Å²) >= 11 is 11.6. The Morgan fingerprint density at radius 3 is 2.67 bits per heavy atom. The Morgan fingerprint density at radius 1 is 1.26 bits per heavy atom. The maximum absolute atomic E-state index is 14.7. The van der Waals surface area contributed by atoms with Crippen molar-refractivity contribution in [2.45, 2.75) is 12.5 Å². The molecular weight excluding hydrogens is 403 g/mol. The van der Waals surface area contributed by atoms with Crippen molar-refractivity contribution in [1.29, 1.82) is 0 Å². The van der Waals surface area contributed by atoms with Crippen LogP contribution in [0.5, 0.6) is 0 Å². The molecule has 0 spiro atoms. The van der Waals surface area contributed by atoms with Crippen LogP contribution in [0.25, 0.3) is 5.65 Å². The first-order valence-corrected chi connectivity index (χ1v) is 8.37. The summed E-state index contributed by atoms with van der Waals surface area (Å²) in [6.07, 6.45) is 2.99. The lowest BCUT2D eigenvalue weighted by Gasteiger charge is -2.24. The van der Waals surface area contributed by atoms with Crippen LogP contribution in [0.3, 0.4) is 0 Å². The van der Waals surface area contributed by atoms with Crippen LogP contribution in [0.15, 0.2) is 35.4 Å². The van der Waals surface area contributed by atoms with E-state index in [1.54, 1.807) is 7.05 Å². The highest BCUT2D eigenvalue weighted by Gasteiger charge is 2.45. The van der Waals surface area contributed by atoms with E-state index in [1.807, 2.05) is 0 Å². The third-order valence-corrected chi connectivity index (χ3v) is 4.82. The van der Waals surface area contributed by atoms with Crippen molar-refractivity contribution >= 4 is 34.8 Å². The highest BCUT2D eigenvalue weighted by molar-refractivity contribution is 6.42. The van der Waals surface area contributed by atoms with Gasteiger partial charge in [-0.1, -0.05) is 35.3 Å². The summed E-state index contributed by atoms with van der Waals surface area (Å²) in [5, 5.41) is 7.11. The van der Waals surface area contributed by atoms with E-state index in [0.717, 1.165) is 11.0 Å². The third-order valence-electron chi connectivity index (χ3n) is 4.00. The molecule has 0 aliphatic carbocycles. The molecule has 7 nitrogen and oxygen atoms in total. The van der Waals surface area contributed by atoms with E-state index in [9.17, 15) is 18.4 Å². The summed E-state index contributed by atoms with van der Waals surface area (Å²) in [7, 11) is 2.73. The Kier molecular flexibility index (Phi) is 4.92. The van der Waals surface area contributed by atoms with Gasteiger partial charge in [-0.2, -0.15) is 8.78 Å². The Bertz CT molecular complexity index is 1100. The number of carbonyl (C=O) groups excluding carboxylic acids is 1. The molecule has 0 atom stereocenters. The standard InChI is InChI=1S/C16H13Cl2F2N5O2/c1-23-6-7-25-11(21-22-13(25)14(23)26)8-24(2)15(27)16(19,20)9-4-3-5-10(17)12(9)18/h3-7H,8H2,1-2H3. The molecule has 1 amide bonds. The molecule has 0 aliphatic heterocycles. The molecule has 3 aromatic rings. The average Bonchev–Trinajstić information content (AvgIpc) is 3.03. The Morgan fingerprint density at radius 2 is 1.96 bits per heavy atom. The van der Waals surface area contributed by atoms with Crippen LogP contribution in [0, 0.1) is 0 Å². The second-order valence-corrected chi connectivity index (χ2v) is 6.65. The van der Waals surface area contributed by atoms with Crippen LogP contribution in [-0.4, -0.2) is 37.0 Å². The van der Waals surface area contributed by atoms with E-state index in [-0.39, 0.29) is 28.1 Å². The number of aromatic nitrogens is 4. The first kappa shape index (κ1) is 19.2. The number of benzene rings is 1. The number of hydrogen-bond donors (Lipinski definition) is 0. The smallest absolute Gasteiger partial charge is 0.333 e. The number of carbonyl (C=O) groups is 1. The monoisotopic (exact) mass is 415 g/mol. The van der Waals surface area contributed by atoms with Crippen molar-refractivity contribution in [2.24, 2.45) is 7.05 Å². The second-order valence-electron chi connectivity index (χ2n) is 5.86. The molecule has 0 aliphatic rings. The molecule has 3 rings (SSSR count). The molecule has 0 N–H and O–H groups in total. The first-order valence-electron chi connectivity index (χ1n) is 7.61. The van der Waals surface area contributed by atoms with Crippen molar-refractivity contribution in [3.8, 4) is 0 Å². The van der Waals surface area contributed by atoms with Gasteiger partial charge in [-0.3, -0.25) is 14.0 Å². The van der Waals surface area contributed by atoms with Gasteiger partial charge in [0.1, 0.15) is 0 Å². The number of likely N-dealkylation sites (N-methyl/N-ethyl adjacent to an activating group) is 1. The molecule has 0 unspecified atom stereocenters. The van der Waals surface area contributed by atoms with Crippen LogP contribution in [-0.2, 0) is 24.3 Å². The van der Waals surface area contributed by atoms with Gasteiger partial charge in [0.15, 0.2) is 5.82 Å². The van der Waals surface area contributed by atoms with Crippen molar-refractivity contribution in [3.05, 3.63) is 62.4 Å². The van der Waals surface area contributed by atoms with E-state index in [2.05, 4.69) is 10.2 Å². The maximum atomic E-state index is 14.7. The summed E-state index contributed by atoms with van der Waals surface area (Å²) in [4.78, 5) is 25.1. The minimum Gasteiger partial charge on any atom is -0.333 e. The van der Waals surface area contributed by atoms with E-state index >= 15 is 0 Å². The lowest BCUT2D eigenvalue weighted by atomic mass is 10.1. The molecule has 11 heteroatoms. The van der Waals surface area contributed by atoms with Crippen molar-refractivity contribution < 1.29 is 13.6 Å². The van der Waals surface area contributed by atoms with Gasteiger partial charge in [0.2, 0.25) is 5.65 Å². The molecular formula is C16H13Cl2F2N5O2. The zero-order valence-corrected chi connectivity index (χ0v) is 15.7. The van der Waals surface area contributed by atoms with E-state index in [0.29, 0.717) is 0 Å². The fraction of sp³-hybridized carbons (Fsp3) is 0.250. The summed E-state index contributed by atoms with van der Waals surface area (Å²) in [5.74, 6) is -5.23. The van der Waals surface area contributed by atoms with Crippen LogP contribution in [0.2, 0.25) is 10.0 Å². The van der Waals surface area contributed by atoms with Crippen molar-refractivity contribution in [3.63, 3.8) is 0 Å². The molecule has 0 saturated carbocycles. The highest BCUT2D eigenvalue weighted by atomic mass is 35.5. The van der Waals surface area contributed by atoms with Crippen LogP contribution in [0.1, 0.15) is 11.4 Å². The number of halogens is 4. The fourth-order valence-corrected chi connectivity index (χ4v) is 2.93. The summed E-state index contributed by atoms with van der Waals surface area (Å²) in [6.45, 7) is -0.291. The second kappa shape index (κ2) is 6.90. The molecule has 2 heterocycles. The molecule has 1 aromatic carbocycles. The van der Waals surface area contributed by atoms with Gasteiger partial charge in [-0.05, 0) is 6.07 Å². The molecule has 142 valence electrons. The van der Waals surface area contributed by atoms with Gasteiger partial charge < -0.3 is 9.47 Å². The van der Waals surface area contributed by atoms with Crippen molar-refractivity contribution in [1.82, 2.24) is 24.1 Å². The summed E-state index contributed by atoms with van der Waals surface area (Å²) < 4.78 is 32.0. The van der Waals surface area contributed by atoms with Gasteiger partial charge in [-0.25, -0.2) is 0 Å². The molecule has 2 aromatic heterocycles. The summed E-state index contributed by atoms with van der Waals surface area (Å²) in [5.41, 5.74) is -1.06. The average molecular weight is 416 g/mol. The van der Waals surface area contributed by atoms with Gasteiger partial charge in [0, 0.05) is 26.5 Å². The number of amides is 1. The summed E-state index contributed by atoms with van der Waals surface area (Å²) in [6, 6.07) is 3.67. The van der Waals surface area contributed by atoms with Crippen LogP contribution >= 0.6 is 23.2 Å². The number of nitrogens with zero attached hydrogens (tertiary/aromatic N) is 5. The number of aryl methyl sites for hydroxylation is 1. The zero-order chi connectivity index (χ0) is 19.9. The third kappa shape index (κ3) is 3.28. The Labute approximate surface area is 161 Å². The molecule has 0 fully saturated rings. The molecule has 0 saturated heterocycles. The van der Waals surface area contributed by atoms with E-state index in [4.69, 9.17) is 23.2 Å². The highest BCUT2D eigenvalue weighted by Crippen LogP contribution is 2.38. The SMILES string of the molecule is CN(Cc1nnc2c(=O)n(C)ccn12)C(=O)C(F)(F)c1cccc(Cl)c1Cl. The largest absolute Gasteiger partial charge is 0.351 e. The number of alkyl halides is 2. The number of fused-ring (bicyclic) bond motifs is 1. The lowest BCUT2D eigenvalue weighted by Crippen LogP contribution is -2.39. The predicted molar refractivity (Wildman–Crippen MR) is 95.1 cm³/mol. The Balaban J connectivity index is 1.91. The van der Waals surface area contributed by atoms with Gasteiger partial charge in [0.05, 0.1) is 22.2 Å².